The highest BCUT2D eigenvalue weighted by molar-refractivity contribution is 5.48. The molecule has 0 aliphatic heterocycles. The van der Waals surface area contributed by atoms with Gasteiger partial charge >= 0.3 is 0 Å². The first kappa shape index (κ1) is 8.55. The van der Waals surface area contributed by atoms with Gasteiger partial charge in [0.05, 0.1) is 5.69 Å². The van der Waals surface area contributed by atoms with Crippen LogP contribution < -0.4 is 5.73 Å². The molecule has 0 saturated heterocycles. The van der Waals surface area contributed by atoms with Crippen LogP contribution in [-0.2, 0) is 0 Å². The smallest absolute Gasteiger partial charge is 0.169 e. The zero-order valence-electron chi connectivity index (χ0n) is 7.68. The van der Waals surface area contributed by atoms with Gasteiger partial charge in [0, 0.05) is 0 Å². The predicted octanol–water partition coefficient (Wildman–Crippen LogP) is 0.864. The highest BCUT2D eigenvalue weighted by Gasteiger charge is 2.09. The van der Waals surface area contributed by atoms with E-state index in [9.17, 15) is 5.11 Å². The van der Waals surface area contributed by atoms with Crippen LogP contribution in [-0.4, -0.2) is 20.1 Å². The van der Waals surface area contributed by atoms with Crippen LogP contribution >= 0.6 is 0 Å². The second kappa shape index (κ2) is 3.02. The largest absolute Gasteiger partial charge is 0.506 e. The molecule has 2 aromatic rings. The highest BCUT2D eigenvalue weighted by atomic mass is 16.3. The number of nitrogens with two attached hydrogens (primary N) is 1. The number of rotatable bonds is 1. The number of hydrogen-bond donors (Lipinski definition) is 2. The Labute approximate surface area is 80.8 Å². The van der Waals surface area contributed by atoms with Crippen molar-refractivity contribution >= 4 is 5.82 Å². The Morgan fingerprint density at radius 1 is 1.36 bits per heavy atom. The van der Waals surface area contributed by atoms with E-state index in [0.29, 0.717) is 17.2 Å². The van der Waals surface area contributed by atoms with Crippen molar-refractivity contribution in [3.8, 4) is 11.4 Å². The van der Waals surface area contributed by atoms with E-state index in [1.807, 2.05) is 6.07 Å². The van der Waals surface area contributed by atoms with Crippen LogP contribution in [0.3, 0.4) is 0 Å². The number of para-hydroxylation sites is 2. The Balaban J connectivity index is 2.60. The summed E-state index contributed by atoms with van der Waals surface area (Å²) in [7, 11) is 0. The van der Waals surface area contributed by atoms with E-state index in [2.05, 4.69) is 10.3 Å². The number of phenolic OH excluding ortho intramolecular Hbond substituents is 1. The van der Waals surface area contributed by atoms with Crippen LogP contribution in [0.25, 0.3) is 5.69 Å². The molecule has 0 unspecified atom stereocenters. The monoisotopic (exact) mass is 190 g/mol. The van der Waals surface area contributed by atoms with Gasteiger partial charge < -0.3 is 10.8 Å². The summed E-state index contributed by atoms with van der Waals surface area (Å²) in [5.74, 6) is 0.522. The summed E-state index contributed by atoms with van der Waals surface area (Å²) in [6.07, 6.45) is 0. The van der Waals surface area contributed by atoms with Gasteiger partial charge in [0.25, 0.3) is 0 Å². The second-order valence-electron chi connectivity index (χ2n) is 2.96. The molecule has 2 rings (SSSR count). The molecule has 1 aromatic carbocycles. The average molecular weight is 190 g/mol. The zero-order valence-corrected chi connectivity index (χ0v) is 7.68. The molecule has 0 aliphatic carbocycles. The summed E-state index contributed by atoms with van der Waals surface area (Å²) in [4.78, 5) is 0. The lowest BCUT2D eigenvalue weighted by Crippen LogP contribution is -1.99. The van der Waals surface area contributed by atoms with Gasteiger partial charge in [-0.3, -0.25) is 0 Å². The molecule has 5 nitrogen and oxygen atoms in total. The zero-order chi connectivity index (χ0) is 10.1. The molecular formula is C9H10N4O. The molecule has 0 amide bonds. The Kier molecular flexibility index (Phi) is 1.85. The number of anilines is 1. The molecule has 0 saturated carbocycles. The third kappa shape index (κ3) is 1.19. The number of aromatic hydroxyl groups is 1. The number of nitrogens with zero attached hydrogens (tertiary/aromatic N) is 3. The average Bonchev–Trinajstić information content (AvgIpc) is 2.49. The summed E-state index contributed by atoms with van der Waals surface area (Å²) in [5, 5.41) is 17.1. The molecule has 1 heterocycles. The molecule has 72 valence electrons. The normalized spacial score (nSPS) is 10.4. The summed E-state index contributed by atoms with van der Waals surface area (Å²) in [6, 6.07) is 6.89. The molecule has 1 aromatic heterocycles. The maximum absolute atomic E-state index is 9.57. The predicted molar refractivity (Wildman–Crippen MR) is 52.2 cm³/mol. The molecule has 0 aliphatic rings. The number of aromatic nitrogens is 3. The van der Waals surface area contributed by atoms with E-state index < -0.39 is 0 Å². The Hall–Kier alpha value is -2.04. The minimum atomic E-state index is 0.153. The maximum Gasteiger partial charge on any atom is 0.169 e. The van der Waals surface area contributed by atoms with Crippen molar-refractivity contribution in [3.05, 3.63) is 30.0 Å². The molecule has 3 N–H and O–H groups in total. The highest BCUT2D eigenvalue weighted by Crippen LogP contribution is 2.22. The third-order valence-corrected chi connectivity index (χ3v) is 2.04. The van der Waals surface area contributed by atoms with Gasteiger partial charge in [-0.1, -0.05) is 17.3 Å². The van der Waals surface area contributed by atoms with E-state index in [0.717, 1.165) is 0 Å². The summed E-state index contributed by atoms with van der Waals surface area (Å²) in [5.41, 5.74) is 6.84. The second-order valence-corrected chi connectivity index (χ2v) is 2.96. The molecule has 0 radical (unpaired) electrons. The summed E-state index contributed by atoms with van der Waals surface area (Å²) in [6.45, 7) is 1.79. The van der Waals surface area contributed by atoms with Crippen LogP contribution in [0.1, 0.15) is 5.69 Å². The van der Waals surface area contributed by atoms with Gasteiger partial charge in [0.15, 0.2) is 5.82 Å². The van der Waals surface area contributed by atoms with Crippen LogP contribution in [0.4, 0.5) is 5.82 Å². The van der Waals surface area contributed by atoms with Crippen LogP contribution in [0.2, 0.25) is 0 Å². The van der Waals surface area contributed by atoms with Crippen molar-refractivity contribution in [2.24, 2.45) is 0 Å². The molecule has 0 fully saturated rings. The lowest BCUT2D eigenvalue weighted by atomic mass is 10.3. The van der Waals surface area contributed by atoms with Crippen molar-refractivity contribution in [3.63, 3.8) is 0 Å². The van der Waals surface area contributed by atoms with Crippen LogP contribution in [0, 0.1) is 6.92 Å². The Morgan fingerprint density at radius 3 is 2.64 bits per heavy atom. The third-order valence-electron chi connectivity index (χ3n) is 2.04. The lowest BCUT2D eigenvalue weighted by Gasteiger charge is -2.04. The SMILES string of the molecule is Cc1c(N)nnn1-c1ccccc1O. The Bertz CT molecular complexity index is 464. The van der Waals surface area contributed by atoms with Crippen LogP contribution in [0.5, 0.6) is 5.75 Å². The first-order chi connectivity index (χ1) is 6.70. The van der Waals surface area contributed by atoms with Gasteiger partial charge in [-0.05, 0) is 19.1 Å². The molecular weight excluding hydrogens is 180 g/mol. The lowest BCUT2D eigenvalue weighted by molar-refractivity contribution is 0.469. The minimum Gasteiger partial charge on any atom is -0.506 e. The van der Waals surface area contributed by atoms with Gasteiger partial charge in [0.1, 0.15) is 11.4 Å². The quantitative estimate of drug-likeness (QED) is 0.699. The van der Waals surface area contributed by atoms with Crippen LogP contribution in [0.15, 0.2) is 24.3 Å². The number of nitrogen functional groups attached to an aromatic ring is 1. The summed E-state index contributed by atoms with van der Waals surface area (Å²) < 4.78 is 1.50. The molecule has 5 heteroatoms. The van der Waals surface area contributed by atoms with Gasteiger partial charge in [0.2, 0.25) is 0 Å². The molecule has 0 atom stereocenters. The fraction of sp³-hybridized carbons (Fsp3) is 0.111. The van der Waals surface area contributed by atoms with Crippen molar-refractivity contribution in [1.29, 1.82) is 0 Å². The number of hydrogen-bond acceptors (Lipinski definition) is 4. The van der Waals surface area contributed by atoms with E-state index >= 15 is 0 Å². The first-order valence-corrected chi connectivity index (χ1v) is 4.16. The van der Waals surface area contributed by atoms with E-state index in [4.69, 9.17) is 5.73 Å². The minimum absolute atomic E-state index is 0.153. The maximum atomic E-state index is 9.57. The van der Waals surface area contributed by atoms with Gasteiger partial charge in [-0.25, -0.2) is 4.68 Å². The standard InChI is InChI=1S/C9H10N4O/c1-6-9(10)11-12-13(6)7-4-2-3-5-8(7)14/h2-5,14H,10H2,1H3. The van der Waals surface area contributed by atoms with Gasteiger partial charge in [-0.2, -0.15) is 0 Å². The van der Waals surface area contributed by atoms with E-state index in [-0.39, 0.29) is 5.75 Å². The Morgan fingerprint density at radius 2 is 2.07 bits per heavy atom. The molecule has 14 heavy (non-hydrogen) atoms. The molecule has 0 spiro atoms. The molecule has 0 bridgehead atoms. The number of phenols is 1. The first-order valence-electron chi connectivity index (χ1n) is 4.16. The van der Waals surface area contributed by atoms with E-state index in [1.54, 1.807) is 25.1 Å². The van der Waals surface area contributed by atoms with Crippen molar-refractivity contribution in [1.82, 2.24) is 15.0 Å². The summed E-state index contributed by atoms with van der Waals surface area (Å²) >= 11 is 0. The fourth-order valence-electron chi connectivity index (χ4n) is 1.21. The van der Waals surface area contributed by atoms with Crippen molar-refractivity contribution < 1.29 is 5.11 Å². The van der Waals surface area contributed by atoms with Gasteiger partial charge in [-0.15, -0.1) is 5.10 Å². The topological polar surface area (TPSA) is 77.0 Å². The fourth-order valence-corrected chi connectivity index (χ4v) is 1.21. The van der Waals surface area contributed by atoms with E-state index in [1.165, 1.54) is 4.68 Å². The van der Waals surface area contributed by atoms with Crippen molar-refractivity contribution in [2.45, 2.75) is 6.92 Å². The number of benzene rings is 1. The van der Waals surface area contributed by atoms with Crippen molar-refractivity contribution in [2.75, 3.05) is 5.73 Å².